The van der Waals surface area contributed by atoms with Gasteiger partial charge in [-0.1, -0.05) is 13.8 Å². The number of nitro groups is 1. The van der Waals surface area contributed by atoms with E-state index in [-0.39, 0.29) is 10.6 Å². The van der Waals surface area contributed by atoms with Crippen LogP contribution in [0, 0.1) is 10.1 Å². The highest BCUT2D eigenvalue weighted by atomic mass is 16.6. The fourth-order valence-electron chi connectivity index (χ4n) is 1.75. The van der Waals surface area contributed by atoms with Crippen molar-refractivity contribution in [1.29, 1.82) is 0 Å². The van der Waals surface area contributed by atoms with Crippen LogP contribution in [0.2, 0.25) is 0 Å². The minimum atomic E-state index is -0.390. The molecule has 0 amide bonds. The number of benzene rings is 1. The lowest BCUT2D eigenvalue weighted by atomic mass is 10.1. The van der Waals surface area contributed by atoms with Crippen molar-refractivity contribution in [1.82, 2.24) is 4.90 Å². The molecule has 0 aliphatic carbocycles. The van der Waals surface area contributed by atoms with Crippen LogP contribution in [0.1, 0.15) is 25.8 Å². The van der Waals surface area contributed by atoms with Crippen LogP contribution < -0.4 is 5.73 Å². The van der Waals surface area contributed by atoms with E-state index in [1.165, 1.54) is 6.07 Å². The Morgan fingerprint density at radius 1 is 1.41 bits per heavy atom. The highest BCUT2D eigenvalue weighted by Gasteiger charge is 2.11. The third-order valence-electron chi connectivity index (χ3n) is 2.72. The Labute approximate surface area is 101 Å². The van der Waals surface area contributed by atoms with E-state index in [4.69, 9.17) is 5.73 Å². The standard InChI is InChI=1S/C12H19N3O2/c1-3-7-14(4-2)9-10-8-11(15(16)17)5-6-12(10)13/h5-6,8H,3-4,7,9,13H2,1-2H3. The molecule has 0 atom stereocenters. The van der Waals surface area contributed by atoms with E-state index in [0.29, 0.717) is 12.2 Å². The molecule has 0 heterocycles. The van der Waals surface area contributed by atoms with E-state index in [0.717, 1.165) is 25.1 Å². The van der Waals surface area contributed by atoms with Crippen LogP contribution in [-0.2, 0) is 6.54 Å². The first-order valence-electron chi connectivity index (χ1n) is 5.83. The first kappa shape index (κ1) is 13.4. The van der Waals surface area contributed by atoms with Crippen LogP contribution in [0.15, 0.2) is 18.2 Å². The van der Waals surface area contributed by atoms with Crippen molar-refractivity contribution in [2.75, 3.05) is 18.8 Å². The summed E-state index contributed by atoms with van der Waals surface area (Å²) in [6.07, 6.45) is 1.06. The predicted octanol–water partition coefficient (Wildman–Crippen LogP) is 2.41. The highest BCUT2D eigenvalue weighted by Crippen LogP contribution is 2.21. The van der Waals surface area contributed by atoms with Crippen molar-refractivity contribution in [2.24, 2.45) is 0 Å². The van der Waals surface area contributed by atoms with Crippen molar-refractivity contribution in [3.8, 4) is 0 Å². The number of non-ortho nitro benzene ring substituents is 1. The molecule has 0 unspecified atom stereocenters. The number of anilines is 1. The maximum Gasteiger partial charge on any atom is 0.269 e. The van der Waals surface area contributed by atoms with Gasteiger partial charge in [0.25, 0.3) is 5.69 Å². The molecule has 2 N–H and O–H groups in total. The Kier molecular flexibility index (Phi) is 4.90. The SMILES string of the molecule is CCCN(CC)Cc1cc([N+](=O)[O-])ccc1N. The molecule has 1 rings (SSSR count). The van der Waals surface area contributed by atoms with E-state index in [2.05, 4.69) is 18.7 Å². The van der Waals surface area contributed by atoms with Crippen LogP contribution >= 0.6 is 0 Å². The van der Waals surface area contributed by atoms with Crippen molar-refractivity contribution in [3.63, 3.8) is 0 Å². The molecule has 94 valence electrons. The summed E-state index contributed by atoms with van der Waals surface area (Å²) in [5, 5.41) is 10.7. The lowest BCUT2D eigenvalue weighted by molar-refractivity contribution is -0.384. The molecule has 17 heavy (non-hydrogen) atoms. The monoisotopic (exact) mass is 237 g/mol. The molecule has 0 bridgehead atoms. The summed E-state index contributed by atoms with van der Waals surface area (Å²) < 4.78 is 0. The zero-order valence-corrected chi connectivity index (χ0v) is 10.3. The summed E-state index contributed by atoms with van der Waals surface area (Å²) in [5.74, 6) is 0. The first-order valence-corrected chi connectivity index (χ1v) is 5.83. The lowest BCUT2D eigenvalue weighted by Gasteiger charge is -2.20. The van der Waals surface area contributed by atoms with Crippen LogP contribution in [0.4, 0.5) is 11.4 Å². The fourth-order valence-corrected chi connectivity index (χ4v) is 1.75. The minimum absolute atomic E-state index is 0.0988. The molecule has 0 saturated heterocycles. The van der Waals surface area contributed by atoms with Crippen molar-refractivity contribution in [2.45, 2.75) is 26.8 Å². The maximum atomic E-state index is 10.7. The molecule has 0 aliphatic heterocycles. The summed E-state index contributed by atoms with van der Waals surface area (Å²) >= 11 is 0. The minimum Gasteiger partial charge on any atom is -0.398 e. The Morgan fingerprint density at radius 3 is 2.65 bits per heavy atom. The smallest absolute Gasteiger partial charge is 0.269 e. The van der Waals surface area contributed by atoms with Gasteiger partial charge >= 0.3 is 0 Å². The van der Waals surface area contributed by atoms with Gasteiger partial charge in [0, 0.05) is 24.4 Å². The molecule has 0 fully saturated rings. The zero-order valence-electron chi connectivity index (χ0n) is 10.3. The average Bonchev–Trinajstić information content (AvgIpc) is 2.30. The number of nitrogens with two attached hydrogens (primary N) is 1. The average molecular weight is 237 g/mol. The van der Waals surface area contributed by atoms with Crippen molar-refractivity contribution in [3.05, 3.63) is 33.9 Å². The van der Waals surface area contributed by atoms with Crippen LogP contribution in [0.5, 0.6) is 0 Å². The first-order chi connectivity index (χ1) is 8.08. The molecule has 0 radical (unpaired) electrons. The van der Waals surface area contributed by atoms with Gasteiger partial charge in [-0.25, -0.2) is 0 Å². The number of hydrogen-bond acceptors (Lipinski definition) is 4. The number of hydrogen-bond donors (Lipinski definition) is 1. The normalized spacial score (nSPS) is 10.8. The van der Waals surface area contributed by atoms with E-state index >= 15 is 0 Å². The van der Waals surface area contributed by atoms with Crippen LogP contribution in [-0.4, -0.2) is 22.9 Å². The zero-order chi connectivity index (χ0) is 12.8. The molecule has 5 nitrogen and oxygen atoms in total. The van der Waals surface area contributed by atoms with Gasteiger partial charge in [-0.05, 0) is 31.1 Å². The molecule has 0 spiro atoms. The topological polar surface area (TPSA) is 72.4 Å². The van der Waals surface area contributed by atoms with Crippen molar-refractivity contribution < 1.29 is 4.92 Å². The van der Waals surface area contributed by atoms with E-state index < -0.39 is 0 Å². The Hall–Kier alpha value is -1.62. The van der Waals surface area contributed by atoms with Gasteiger partial charge in [0.1, 0.15) is 0 Å². The number of nitro benzene ring substituents is 1. The molecular weight excluding hydrogens is 218 g/mol. The molecule has 0 aliphatic rings. The lowest BCUT2D eigenvalue weighted by Crippen LogP contribution is -2.24. The second-order valence-electron chi connectivity index (χ2n) is 4.01. The second-order valence-corrected chi connectivity index (χ2v) is 4.01. The Bertz CT molecular complexity index is 393. The third kappa shape index (κ3) is 3.71. The van der Waals surface area contributed by atoms with Gasteiger partial charge in [-0.2, -0.15) is 0 Å². The molecule has 0 saturated carbocycles. The van der Waals surface area contributed by atoms with E-state index in [1.807, 2.05) is 0 Å². The molecule has 5 heteroatoms. The van der Waals surface area contributed by atoms with Gasteiger partial charge in [-0.3, -0.25) is 15.0 Å². The number of nitrogen functional groups attached to an aromatic ring is 1. The third-order valence-corrected chi connectivity index (χ3v) is 2.72. The predicted molar refractivity (Wildman–Crippen MR) is 68.8 cm³/mol. The van der Waals surface area contributed by atoms with Gasteiger partial charge < -0.3 is 5.73 Å². The fraction of sp³-hybridized carbons (Fsp3) is 0.500. The molecule has 1 aromatic carbocycles. The summed E-state index contributed by atoms with van der Waals surface area (Å²) in [6.45, 7) is 6.73. The second kappa shape index (κ2) is 6.20. The largest absolute Gasteiger partial charge is 0.398 e. The summed E-state index contributed by atoms with van der Waals surface area (Å²) in [7, 11) is 0. The summed E-state index contributed by atoms with van der Waals surface area (Å²) in [4.78, 5) is 12.5. The van der Waals surface area contributed by atoms with Gasteiger partial charge in [-0.15, -0.1) is 0 Å². The van der Waals surface area contributed by atoms with E-state index in [1.54, 1.807) is 12.1 Å². The van der Waals surface area contributed by atoms with Gasteiger partial charge in [0.05, 0.1) is 4.92 Å². The van der Waals surface area contributed by atoms with Gasteiger partial charge in [0.2, 0.25) is 0 Å². The summed E-state index contributed by atoms with van der Waals surface area (Å²) in [6, 6.07) is 4.61. The van der Waals surface area contributed by atoms with Crippen LogP contribution in [0.25, 0.3) is 0 Å². The Morgan fingerprint density at radius 2 is 2.12 bits per heavy atom. The highest BCUT2D eigenvalue weighted by molar-refractivity contribution is 5.52. The van der Waals surface area contributed by atoms with Crippen molar-refractivity contribution >= 4 is 11.4 Å². The number of nitrogens with zero attached hydrogens (tertiary/aromatic N) is 2. The van der Waals surface area contributed by atoms with E-state index in [9.17, 15) is 10.1 Å². The Balaban J connectivity index is 2.88. The molecule has 0 aromatic heterocycles. The molecule has 1 aromatic rings. The maximum absolute atomic E-state index is 10.7. The van der Waals surface area contributed by atoms with Crippen LogP contribution in [0.3, 0.4) is 0 Å². The summed E-state index contributed by atoms with van der Waals surface area (Å²) in [5.41, 5.74) is 7.38. The van der Waals surface area contributed by atoms with Gasteiger partial charge in [0.15, 0.2) is 0 Å². The number of rotatable bonds is 6. The quantitative estimate of drug-likeness (QED) is 0.468. The molecular formula is C12H19N3O2.